The van der Waals surface area contributed by atoms with E-state index in [9.17, 15) is 22.4 Å². The summed E-state index contributed by atoms with van der Waals surface area (Å²) in [5.74, 6) is -1.93. The van der Waals surface area contributed by atoms with Gasteiger partial charge in [-0.15, -0.1) is 0 Å². The highest BCUT2D eigenvalue weighted by Gasteiger charge is 2.10. The number of anilines is 1. The Morgan fingerprint density at radius 2 is 1.88 bits per heavy atom. The van der Waals surface area contributed by atoms with Gasteiger partial charge < -0.3 is 10.1 Å². The van der Waals surface area contributed by atoms with Crippen LogP contribution in [0.15, 0.2) is 59.5 Å². The number of rotatable bonds is 6. The highest BCUT2D eigenvalue weighted by atomic mass is 32.2. The minimum atomic E-state index is -3.40. The first-order valence-electron chi connectivity index (χ1n) is 7.45. The van der Waals surface area contributed by atoms with E-state index in [1.807, 2.05) is 0 Å². The molecule has 2 aromatic carbocycles. The lowest BCUT2D eigenvalue weighted by molar-refractivity contribution is -0.142. The largest absolute Gasteiger partial charge is 0.452 e. The summed E-state index contributed by atoms with van der Waals surface area (Å²) in [6.45, 7) is -0.566. The zero-order valence-electron chi connectivity index (χ0n) is 13.8. The molecule has 0 aromatic heterocycles. The summed E-state index contributed by atoms with van der Waals surface area (Å²) >= 11 is 0. The SMILES string of the molecule is CS(=O)(=O)c1cccc(NC(=O)COC(=O)/C=C/c2ccccc2F)c1. The average molecular weight is 377 g/mol. The van der Waals surface area contributed by atoms with Crippen LogP contribution in [0.2, 0.25) is 0 Å². The molecule has 0 saturated carbocycles. The lowest BCUT2D eigenvalue weighted by Crippen LogP contribution is -2.20. The Kier molecular flexibility index (Phi) is 6.24. The van der Waals surface area contributed by atoms with Crippen molar-refractivity contribution in [3.05, 3.63) is 66.0 Å². The van der Waals surface area contributed by atoms with Gasteiger partial charge in [0.25, 0.3) is 5.91 Å². The second kappa shape index (κ2) is 8.39. The van der Waals surface area contributed by atoms with Gasteiger partial charge in [-0.05, 0) is 30.3 Å². The number of halogens is 1. The van der Waals surface area contributed by atoms with E-state index in [1.54, 1.807) is 6.07 Å². The van der Waals surface area contributed by atoms with Gasteiger partial charge in [0.15, 0.2) is 16.4 Å². The molecule has 0 saturated heterocycles. The first kappa shape index (κ1) is 19.3. The molecule has 0 fully saturated rings. The van der Waals surface area contributed by atoms with Gasteiger partial charge in [-0.2, -0.15) is 0 Å². The van der Waals surface area contributed by atoms with Gasteiger partial charge in [-0.25, -0.2) is 17.6 Å². The van der Waals surface area contributed by atoms with Gasteiger partial charge in [-0.1, -0.05) is 24.3 Å². The van der Waals surface area contributed by atoms with Crippen LogP contribution in [0.25, 0.3) is 6.08 Å². The molecule has 0 heterocycles. The molecule has 0 unspecified atom stereocenters. The van der Waals surface area contributed by atoms with Crippen LogP contribution in [-0.2, 0) is 24.2 Å². The summed E-state index contributed by atoms with van der Waals surface area (Å²) in [7, 11) is -3.40. The van der Waals surface area contributed by atoms with E-state index in [4.69, 9.17) is 4.74 Å². The normalized spacial score (nSPS) is 11.3. The summed E-state index contributed by atoms with van der Waals surface area (Å²) in [5, 5.41) is 2.43. The molecule has 0 aliphatic heterocycles. The third-order valence-electron chi connectivity index (χ3n) is 3.20. The molecule has 2 rings (SSSR count). The van der Waals surface area contributed by atoms with Crippen LogP contribution in [0.1, 0.15) is 5.56 Å². The van der Waals surface area contributed by atoms with E-state index in [1.165, 1.54) is 48.5 Å². The molecule has 2 aromatic rings. The Morgan fingerprint density at radius 1 is 1.15 bits per heavy atom. The predicted molar refractivity (Wildman–Crippen MR) is 94.6 cm³/mol. The molecule has 0 aliphatic carbocycles. The van der Waals surface area contributed by atoms with Crippen LogP contribution in [0.4, 0.5) is 10.1 Å². The first-order valence-corrected chi connectivity index (χ1v) is 9.34. The highest BCUT2D eigenvalue weighted by Crippen LogP contribution is 2.15. The molecule has 0 aliphatic rings. The number of carbonyl (C=O) groups excluding carboxylic acids is 2. The van der Waals surface area contributed by atoms with Gasteiger partial charge in [0.2, 0.25) is 0 Å². The molecule has 1 amide bonds. The van der Waals surface area contributed by atoms with Crippen LogP contribution in [-0.4, -0.2) is 33.2 Å². The molecular weight excluding hydrogens is 361 g/mol. The summed E-state index contributed by atoms with van der Waals surface area (Å²) in [4.78, 5) is 23.4. The molecule has 8 heteroatoms. The van der Waals surface area contributed by atoms with Gasteiger partial charge in [0, 0.05) is 23.6 Å². The quantitative estimate of drug-likeness (QED) is 0.617. The Hall–Kier alpha value is -3.00. The third-order valence-corrected chi connectivity index (χ3v) is 4.31. The lowest BCUT2D eigenvalue weighted by Gasteiger charge is -2.07. The van der Waals surface area contributed by atoms with E-state index in [0.29, 0.717) is 0 Å². The zero-order chi connectivity index (χ0) is 19.2. The lowest BCUT2D eigenvalue weighted by atomic mass is 10.2. The van der Waals surface area contributed by atoms with Gasteiger partial charge >= 0.3 is 5.97 Å². The fourth-order valence-electron chi connectivity index (χ4n) is 1.95. The predicted octanol–water partition coefficient (Wildman–Crippen LogP) is 2.42. The van der Waals surface area contributed by atoms with Crippen molar-refractivity contribution < 1.29 is 27.1 Å². The van der Waals surface area contributed by atoms with Crippen molar-refractivity contribution >= 4 is 33.5 Å². The number of hydrogen-bond acceptors (Lipinski definition) is 5. The van der Waals surface area contributed by atoms with Gasteiger partial charge in [0.05, 0.1) is 4.90 Å². The fraction of sp³-hybridized carbons (Fsp3) is 0.111. The molecule has 1 N–H and O–H groups in total. The van der Waals surface area contributed by atoms with Crippen molar-refractivity contribution in [2.24, 2.45) is 0 Å². The van der Waals surface area contributed by atoms with Crippen molar-refractivity contribution in [3.63, 3.8) is 0 Å². The standard InChI is InChI=1S/C18H16FNO5S/c1-26(23,24)15-7-4-6-14(11-15)20-17(21)12-25-18(22)10-9-13-5-2-3-8-16(13)19/h2-11H,12H2,1H3,(H,20,21)/b10-9+. The molecular formula is C18H16FNO5S. The van der Waals surface area contributed by atoms with Crippen molar-refractivity contribution in [1.29, 1.82) is 0 Å². The Labute approximate surface area is 150 Å². The van der Waals surface area contributed by atoms with E-state index < -0.39 is 34.1 Å². The summed E-state index contributed by atoms with van der Waals surface area (Å²) in [6, 6.07) is 11.6. The van der Waals surface area contributed by atoms with Crippen LogP contribution < -0.4 is 5.32 Å². The second-order valence-electron chi connectivity index (χ2n) is 5.31. The maximum atomic E-state index is 13.4. The van der Waals surface area contributed by atoms with E-state index in [2.05, 4.69) is 5.32 Å². The third kappa shape index (κ3) is 5.82. The Balaban J connectivity index is 1.89. The minimum absolute atomic E-state index is 0.0557. The van der Waals surface area contributed by atoms with Crippen molar-refractivity contribution in [1.82, 2.24) is 0 Å². The monoisotopic (exact) mass is 377 g/mol. The first-order chi connectivity index (χ1) is 12.3. The second-order valence-corrected chi connectivity index (χ2v) is 7.33. The average Bonchev–Trinajstić information content (AvgIpc) is 2.59. The number of sulfone groups is 1. The maximum absolute atomic E-state index is 13.4. The molecule has 136 valence electrons. The van der Waals surface area contributed by atoms with Gasteiger partial charge in [-0.3, -0.25) is 4.79 Å². The molecule has 0 radical (unpaired) electrons. The fourth-order valence-corrected chi connectivity index (χ4v) is 2.62. The number of amides is 1. The van der Waals surface area contributed by atoms with Crippen molar-refractivity contribution in [3.8, 4) is 0 Å². The van der Waals surface area contributed by atoms with Crippen LogP contribution in [0, 0.1) is 5.82 Å². The van der Waals surface area contributed by atoms with E-state index in [0.717, 1.165) is 12.3 Å². The molecule has 0 bridgehead atoms. The zero-order valence-corrected chi connectivity index (χ0v) is 14.6. The number of nitrogens with one attached hydrogen (secondary N) is 1. The van der Waals surface area contributed by atoms with Crippen molar-refractivity contribution in [2.75, 3.05) is 18.2 Å². The summed E-state index contributed by atoms with van der Waals surface area (Å²) in [5.41, 5.74) is 0.474. The Bertz CT molecular complexity index is 954. The molecule has 0 spiro atoms. The number of ether oxygens (including phenoxy) is 1. The Morgan fingerprint density at radius 3 is 2.58 bits per heavy atom. The molecule has 0 atom stereocenters. The number of hydrogen-bond donors (Lipinski definition) is 1. The minimum Gasteiger partial charge on any atom is -0.452 e. The smallest absolute Gasteiger partial charge is 0.331 e. The highest BCUT2D eigenvalue weighted by molar-refractivity contribution is 7.90. The van der Waals surface area contributed by atoms with Crippen LogP contribution in [0.5, 0.6) is 0 Å². The van der Waals surface area contributed by atoms with E-state index in [-0.39, 0.29) is 16.1 Å². The van der Waals surface area contributed by atoms with Crippen LogP contribution in [0.3, 0.4) is 0 Å². The maximum Gasteiger partial charge on any atom is 0.331 e. The van der Waals surface area contributed by atoms with Crippen LogP contribution >= 0.6 is 0 Å². The molecule has 26 heavy (non-hydrogen) atoms. The summed E-state index contributed by atoms with van der Waals surface area (Å²) < 4.78 is 41.1. The topological polar surface area (TPSA) is 89.5 Å². The number of carbonyl (C=O) groups is 2. The van der Waals surface area contributed by atoms with E-state index >= 15 is 0 Å². The van der Waals surface area contributed by atoms with Gasteiger partial charge in [0.1, 0.15) is 5.82 Å². The summed E-state index contributed by atoms with van der Waals surface area (Å²) in [6.07, 6.45) is 3.30. The number of benzene rings is 2. The molecule has 6 nitrogen and oxygen atoms in total. The number of esters is 1. The van der Waals surface area contributed by atoms with Crippen molar-refractivity contribution in [2.45, 2.75) is 4.90 Å².